The summed E-state index contributed by atoms with van der Waals surface area (Å²) in [5, 5.41) is 5.88. The minimum Gasteiger partial charge on any atom is -0.338 e. The van der Waals surface area contributed by atoms with E-state index >= 15 is 0 Å². The topological polar surface area (TPSA) is 41.1 Å². The van der Waals surface area contributed by atoms with Crippen LogP contribution in [-0.2, 0) is 0 Å². The van der Waals surface area contributed by atoms with Crippen LogP contribution in [0.2, 0.25) is 0 Å². The van der Waals surface area contributed by atoms with Gasteiger partial charge in [-0.15, -0.1) is 0 Å². The number of nitrogens with one attached hydrogen (secondary N) is 2. The zero-order valence-corrected chi connectivity index (χ0v) is 13.3. The van der Waals surface area contributed by atoms with Gasteiger partial charge in [-0.1, -0.05) is 74.5 Å². The molecule has 2 aromatic carbocycles. The molecule has 0 heterocycles. The van der Waals surface area contributed by atoms with E-state index in [0.29, 0.717) is 24.9 Å². The lowest BCUT2D eigenvalue weighted by atomic mass is 10.0. The van der Waals surface area contributed by atoms with Gasteiger partial charge in [0.25, 0.3) is 0 Å². The lowest BCUT2D eigenvalue weighted by molar-refractivity contribution is 0.240. The Morgan fingerprint density at radius 3 is 1.50 bits per heavy atom. The average molecular weight is 296 g/mol. The molecule has 2 N–H and O–H groups in total. The van der Waals surface area contributed by atoms with E-state index in [1.54, 1.807) is 0 Å². The van der Waals surface area contributed by atoms with Crippen molar-refractivity contribution in [3.05, 3.63) is 71.8 Å². The third kappa shape index (κ3) is 4.92. The summed E-state index contributed by atoms with van der Waals surface area (Å²) in [4.78, 5) is 11.9. The van der Waals surface area contributed by atoms with Gasteiger partial charge in [-0.3, -0.25) is 0 Å². The van der Waals surface area contributed by atoms with Crippen molar-refractivity contribution in [3.63, 3.8) is 0 Å². The number of hydrogen-bond donors (Lipinski definition) is 2. The summed E-state index contributed by atoms with van der Waals surface area (Å²) in [5.41, 5.74) is 2.47. The van der Waals surface area contributed by atoms with E-state index in [9.17, 15) is 4.79 Å². The second-order valence-corrected chi connectivity index (χ2v) is 5.71. The van der Waals surface area contributed by atoms with E-state index in [-0.39, 0.29) is 6.03 Å². The molecule has 2 aromatic rings. The summed E-state index contributed by atoms with van der Waals surface area (Å²) in [7, 11) is 0. The van der Waals surface area contributed by atoms with Gasteiger partial charge in [0.05, 0.1) is 0 Å². The molecule has 0 bridgehead atoms. The Kier molecular flexibility index (Phi) is 6.01. The highest BCUT2D eigenvalue weighted by atomic mass is 16.2. The number of carbonyl (C=O) groups is 1. The van der Waals surface area contributed by atoms with Crippen LogP contribution in [0.25, 0.3) is 0 Å². The van der Waals surface area contributed by atoms with E-state index in [0.717, 1.165) is 0 Å². The van der Waals surface area contributed by atoms with E-state index in [4.69, 9.17) is 0 Å². The largest absolute Gasteiger partial charge is 0.338 e. The van der Waals surface area contributed by atoms with Crippen LogP contribution < -0.4 is 10.6 Å². The first-order valence-corrected chi connectivity index (χ1v) is 7.78. The van der Waals surface area contributed by atoms with Crippen LogP contribution in [0.1, 0.15) is 36.8 Å². The van der Waals surface area contributed by atoms with Crippen molar-refractivity contribution in [1.29, 1.82) is 0 Å². The molecule has 0 fully saturated rings. The molecule has 22 heavy (non-hydrogen) atoms. The number of rotatable bonds is 6. The van der Waals surface area contributed by atoms with Crippen molar-refractivity contribution < 1.29 is 4.79 Å². The van der Waals surface area contributed by atoms with Crippen molar-refractivity contribution in [2.45, 2.75) is 25.7 Å². The van der Waals surface area contributed by atoms with Gasteiger partial charge in [-0.2, -0.15) is 0 Å². The van der Waals surface area contributed by atoms with E-state index < -0.39 is 0 Å². The fourth-order valence-electron chi connectivity index (χ4n) is 2.35. The highest BCUT2D eigenvalue weighted by molar-refractivity contribution is 5.73. The standard InChI is InChI=1S/C19H24N2O/c1-15(17-9-5-3-6-10-17)13-20-19(22)21-14-16(2)18-11-7-4-8-12-18/h3-12,15-16H,13-14H2,1-2H3,(H2,20,21,22)/t15-,16-/m1/s1. The van der Waals surface area contributed by atoms with Crippen molar-refractivity contribution in [2.75, 3.05) is 13.1 Å². The first-order chi connectivity index (χ1) is 10.7. The Bertz CT molecular complexity index is 517. The SMILES string of the molecule is C[C@H](CNC(=O)NC[C@@H](C)c1ccccc1)c1ccccc1. The third-order valence-electron chi connectivity index (χ3n) is 3.87. The normalized spacial score (nSPS) is 13.2. The van der Waals surface area contributed by atoms with Crippen molar-refractivity contribution in [3.8, 4) is 0 Å². The summed E-state index contributed by atoms with van der Waals surface area (Å²) in [6.07, 6.45) is 0. The predicted octanol–water partition coefficient (Wildman–Crippen LogP) is 3.89. The molecule has 2 rings (SSSR count). The van der Waals surface area contributed by atoms with Crippen LogP contribution in [0.3, 0.4) is 0 Å². The maximum absolute atomic E-state index is 11.9. The lowest BCUT2D eigenvalue weighted by Gasteiger charge is -2.16. The molecule has 0 saturated carbocycles. The van der Waals surface area contributed by atoms with Crippen LogP contribution in [0.4, 0.5) is 4.79 Å². The lowest BCUT2D eigenvalue weighted by Crippen LogP contribution is -2.39. The summed E-state index contributed by atoms with van der Waals surface area (Å²) in [6, 6.07) is 20.3. The average Bonchev–Trinajstić information content (AvgIpc) is 2.59. The molecule has 0 aliphatic heterocycles. The number of hydrogen-bond acceptors (Lipinski definition) is 1. The summed E-state index contributed by atoms with van der Waals surface area (Å²) >= 11 is 0. The number of amides is 2. The molecule has 0 unspecified atom stereocenters. The Morgan fingerprint density at radius 2 is 1.14 bits per heavy atom. The highest BCUT2D eigenvalue weighted by Crippen LogP contribution is 2.14. The number of urea groups is 1. The second kappa shape index (κ2) is 8.23. The zero-order valence-electron chi connectivity index (χ0n) is 13.3. The van der Waals surface area contributed by atoms with Gasteiger partial charge in [0.1, 0.15) is 0 Å². The van der Waals surface area contributed by atoms with Crippen LogP contribution in [-0.4, -0.2) is 19.1 Å². The fraction of sp³-hybridized carbons (Fsp3) is 0.316. The molecular weight excluding hydrogens is 272 g/mol. The van der Waals surface area contributed by atoms with Crippen molar-refractivity contribution >= 4 is 6.03 Å². The molecular formula is C19H24N2O. The summed E-state index contributed by atoms with van der Waals surface area (Å²) in [5.74, 6) is 0.608. The quantitative estimate of drug-likeness (QED) is 0.834. The van der Waals surface area contributed by atoms with Gasteiger partial charge in [-0.25, -0.2) is 4.79 Å². The van der Waals surface area contributed by atoms with Crippen LogP contribution in [0.5, 0.6) is 0 Å². The first-order valence-electron chi connectivity index (χ1n) is 7.78. The fourth-order valence-corrected chi connectivity index (χ4v) is 2.35. The molecule has 116 valence electrons. The molecule has 2 atom stereocenters. The molecule has 0 saturated heterocycles. The molecule has 0 aliphatic rings. The third-order valence-corrected chi connectivity index (χ3v) is 3.87. The van der Waals surface area contributed by atoms with Gasteiger partial charge in [-0.05, 0) is 23.0 Å². The molecule has 3 nitrogen and oxygen atoms in total. The monoisotopic (exact) mass is 296 g/mol. The molecule has 0 spiro atoms. The van der Waals surface area contributed by atoms with E-state index in [1.807, 2.05) is 36.4 Å². The van der Waals surface area contributed by atoms with Crippen molar-refractivity contribution in [2.24, 2.45) is 0 Å². The van der Waals surface area contributed by atoms with Gasteiger partial charge >= 0.3 is 6.03 Å². The minimum atomic E-state index is -0.106. The van der Waals surface area contributed by atoms with Gasteiger partial charge in [0, 0.05) is 13.1 Å². The molecule has 0 aromatic heterocycles. The van der Waals surface area contributed by atoms with Gasteiger partial charge in [0.15, 0.2) is 0 Å². The Balaban J connectivity index is 1.72. The number of carbonyl (C=O) groups excluding carboxylic acids is 1. The molecule has 0 radical (unpaired) electrons. The van der Waals surface area contributed by atoms with Gasteiger partial charge in [0.2, 0.25) is 0 Å². The Morgan fingerprint density at radius 1 is 0.773 bits per heavy atom. The number of benzene rings is 2. The second-order valence-electron chi connectivity index (χ2n) is 5.71. The van der Waals surface area contributed by atoms with Crippen molar-refractivity contribution in [1.82, 2.24) is 10.6 Å². The highest BCUT2D eigenvalue weighted by Gasteiger charge is 2.09. The van der Waals surface area contributed by atoms with E-state index in [2.05, 4.69) is 48.7 Å². The van der Waals surface area contributed by atoms with Crippen LogP contribution >= 0.6 is 0 Å². The Hall–Kier alpha value is -2.29. The van der Waals surface area contributed by atoms with E-state index in [1.165, 1.54) is 11.1 Å². The minimum absolute atomic E-state index is 0.106. The van der Waals surface area contributed by atoms with Gasteiger partial charge < -0.3 is 10.6 Å². The predicted molar refractivity (Wildman–Crippen MR) is 91.1 cm³/mol. The zero-order chi connectivity index (χ0) is 15.8. The maximum atomic E-state index is 11.9. The molecule has 3 heteroatoms. The maximum Gasteiger partial charge on any atom is 0.314 e. The summed E-state index contributed by atoms with van der Waals surface area (Å²) < 4.78 is 0. The van der Waals surface area contributed by atoms with Crippen LogP contribution in [0, 0.1) is 0 Å². The smallest absolute Gasteiger partial charge is 0.314 e. The van der Waals surface area contributed by atoms with Crippen LogP contribution in [0.15, 0.2) is 60.7 Å². The summed E-state index contributed by atoms with van der Waals surface area (Å²) in [6.45, 7) is 5.50. The molecule has 2 amide bonds. The molecule has 0 aliphatic carbocycles. The first kappa shape index (κ1) is 16.1. The Labute approximate surface area is 132 Å².